The summed E-state index contributed by atoms with van der Waals surface area (Å²) >= 11 is 5.78. The fourth-order valence-corrected chi connectivity index (χ4v) is 2.21. The molecule has 4 nitrogen and oxygen atoms in total. The second kappa shape index (κ2) is 7.13. The summed E-state index contributed by atoms with van der Waals surface area (Å²) in [4.78, 5) is 12.1. The number of nitrogens with one attached hydrogen (secondary N) is 1. The zero-order valence-corrected chi connectivity index (χ0v) is 12.9. The van der Waals surface area contributed by atoms with Crippen molar-refractivity contribution in [1.82, 2.24) is 5.32 Å². The number of amides is 1. The zero-order chi connectivity index (χ0) is 16.1. The molecule has 0 saturated carbocycles. The summed E-state index contributed by atoms with van der Waals surface area (Å²) in [5.74, 6) is -0.0931. The maximum atomic E-state index is 13.6. The zero-order valence-electron chi connectivity index (χ0n) is 12.2. The summed E-state index contributed by atoms with van der Waals surface area (Å²) in [5.41, 5.74) is 0.618. The molecule has 2 rings (SSSR count). The number of ether oxygens (including phenoxy) is 2. The molecule has 2 aromatic carbocycles. The van der Waals surface area contributed by atoms with Gasteiger partial charge in [0.2, 0.25) is 0 Å². The van der Waals surface area contributed by atoms with Crippen molar-refractivity contribution >= 4 is 17.5 Å². The van der Waals surface area contributed by atoms with Crippen LogP contribution in [-0.2, 0) is 6.54 Å². The summed E-state index contributed by atoms with van der Waals surface area (Å²) < 4.78 is 24.1. The Morgan fingerprint density at radius 3 is 2.68 bits per heavy atom. The van der Waals surface area contributed by atoms with E-state index in [1.165, 1.54) is 26.4 Å². The Labute approximate surface area is 132 Å². The first-order chi connectivity index (χ1) is 10.6. The standard InChI is InChI=1S/C16H15ClFNO3/c1-21-14-5-3-4-10(15(14)22-2)9-19-16(20)12-8-11(17)6-7-13(12)18/h3-8H,9H2,1-2H3,(H,19,20). The number of hydrogen-bond donors (Lipinski definition) is 1. The molecule has 0 saturated heterocycles. The van der Waals surface area contributed by atoms with Crippen LogP contribution in [0.3, 0.4) is 0 Å². The van der Waals surface area contributed by atoms with Gasteiger partial charge in [-0.05, 0) is 24.3 Å². The molecule has 0 unspecified atom stereocenters. The van der Waals surface area contributed by atoms with Gasteiger partial charge >= 0.3 is 0 Å². The normalized spacial score (nSPS) is 10.2. The highest BCUT2D eigenvalue weighted by atomic mass is 35.5. The summed E-state index contributed by atoms with van der Waals surface area (Å²) in [7, 11) is 3.04. The van der Waals surface area contributed by atoms with E-state index in [4.69, 9.17) is 21.1 Å². The van der Waals surface area contributed by atoms with Crippen LogP contribution in [0, 0.1) is 5.82 Å². The van der Waals surface area contributed by atoms with Gasteiger partial charge in [-0.3, -0.25) is 4.79 Å². The van der Waals surface area contributed by atoms with Crippen molar-refractivity contribution in [3.8, 4) is 11.5 Å². The SMILES string of the molecule is COc1cccc(CNC(=O)c2cc(Cl)ccc2F)c1OC. The molecule has 0 aromatic heterocycles. The molecule has 0 aliphatic rings. The van der Waals surface area contributed by atoms with Gasteiger partial charge in [0.15, 0.2) is 11.5 Å². The van der Waals surface area contributed by atoms with E-state index in [0.29, 0.717) is 16.5 Å². The molecule has 116 valence electrons. The van der Waals surface area contributed by atoms with Crippen molar-refractivity contribution in [1.29, 1.82) is 0 Å². The second-order valence-electron chi connectivity index (χ2n) is 4.46. The van der Waals surface area contributed by atoms with E-state index in [1.54, 1.807) is 18.2 Å². The third-order valence-electron chi connectivity index (χ3n) is 3.10. The van der Waals surface area contributed by atoms with Crippen LogP contribution in [0.5, 0.6) is 11.5 Å². The number of methoxy groups -OCH3 is 2. The molecular formula is C16H15ClFNO3. The lowest BCUT2D eigenvalue weighted by atomic mass is 10.1. The molecule has 0 aliphatic carbocycles. The maximum Gasteiger partial charge on any atom is 0.254 e. The number of carbonyl (C=O) groups is 1. The van der Waals surface area contributed by atoms with E-state index in [9.17, 15) is 9.18 Å². The highest BCUT2D eigenvalue weighted by Crippen LogP contribution is 2.30. The Hall–Kier alpha value is -2.27. The van der Waals surface area contributed by atoms with Crippen LogP contribution in [0.25, 0.3) is 0 Å². The number of halogens is 2. The largest absolute Gasteiger partial charge is 0.493 e. The average Bonchev–Trinajstić information content (AvgIpc) is 2.54. The molecule has 0 atom stereocenters. The summed E-state index contributed by atoms with van der Waals surface area (Å²) in [6.45, 7) is 0.172. The Bertz CT molecular complexity index is 691. The maximum absolute atomic E-state index is 13.6. The van der Waals surface area contributed by atoms with Crippen molar-refractivity contribution < 1.29 is 18.7 Å². The van der Waals surface area contributed by atoms with Crippen LogP contribution in [0.15, 0.2) is 36.4 Å². The third-order valence-corrected chi connectivity index (χ3v) is 3.33. The van der Waals surface area contributed by atoms with E-state index in [-0.39, 0.29) is 12.1 Å². The molecule has 0 radical (unpaired) electrons. The van der Waals surface area contributed by atoms with Gasteiger partial charge in [0.1, 0.15) is 5.82 Å². The molecule has 1 amide bonds. The molecule has 0 aliphatic heterocycles. The highest BCUT2D eigenvalue weighted by molar-refractivity contribution is 6.31. The smallest absolute Gasteiger partial charge is 0.254 e. The van der Waals surface area contributed by atoms with Crippen LogP contribution < -0.4 is 14.8 Å². The van der Waals surface area contributed by atoms with E-state index in [1.807, 2.05) is 0 Å². The predicted octanol–water partition coefficient (Wildman–Crippen LogP) is 3.43. The molecule has 0 spiro atoms. The topological polar surface area (TPSA) is 47.6 Å². The fraction of sp³-hybridized carbons (Fsp3) is 0.188. The molecular weight excluding hydrogens is 309 g/mol. The van der Waals surface area contributed by atoms with Crippen molar-refractivity contribution in [2.75, 3.05) is 14.2 Å². The first-order valence-electron chi connectivity index (χ1n) is 6.50. The lowest BCUT2D eigenvalue weighted by molar-refractivity contribution is 0.0946. The van der Waals surface area contributed by atoms with Crippen molar-refractivity contribution in [2.24, 2.45) is 0 Å². The predicted molar refractivity (Wildman–Crippen MR) is 82.1 cm³/mol. The van der Waals surface area contributed by atoms with Crippen LogP contribution in [-0.4, -0.2) is 20.1 Å². The first-order valence-corrected chi connectivity index (χ1v) is 6.87. The molecule has 6 heteroatoms. The monoisotopic (exact) mass is 323 g/mol. The fourth-order valence-electron chi connectivity index (χ4n) is 2.04. The summed E-state index contributed by atoms with van der Waals surface area (Å²) in [6.07, 6.45) is 0. The molecule has 0 heterocycles. The lowest BCUT2D eigenvalue weighted by Gasteiger charge is -2.13. The van der Waals surface area contributed by atoms with Gasteiger partial charge in [-0.15, -0.1) is 0 Å². The quantitative estimate of drug-likeness (QED) is 0.917. The molecule has 0 bridgehead atoms. The van der Waals surface area contributed by atoms with Gasteiger partial charge in [-0.2, -0.15) is 0 Å². The highest BCUT2D eigenvalue weighted by Gasteiger charge is 2.14. The molecule has 0 fully saturated rings. The van der Waals surface area contributed by atoms with Crippen LogP contribution in [0.2, 0.25) is 5.02 Å². The number of hydrogen-bond acceptors (Lipinski definition) is 3. The van der Waals surface area contributed by atoms with Gasteiger partial charge in [-0.25, -0.2) is 4.39 Å². The Kier molecular flexibility index (Phi) is 5.22. The first kappa shape index (κ1) is 16.1. The number of carbonyl (C=O) groups excluding carboxylic acids is 1. The third kappa shape index (κ3) is 3.49. The van der Waals surface area contributed by atoms with Gasteiger partial charge in [-0.1, -0.05) is 23.7 Å². The van der Waals surface area contributed by atoms with E-state index in [0.717, 1.165) is 11.6 Å². The van der Waals surface area contributed by atoms with Crippen LogP contribution in [0.4, 0.5) is 4.39 Å². The minimum Gasteiger partial charge on any atom is -0.493 e. The van der Waals surface area contributed by atoms with E-state index >= 15 is 0 Å². The van der Waals surface area contributed by atoms with E-state index < -0.39 is 11.7 Å². The molecule has 22 heavy (non-hydrogen) atoms. The summed E-state index contributed by atoms with van der Waals surface area (Å²) in [6, 6.07) is 9.15. The second-order valence-corrected chi connectivity index (χ2v) is 4.90. The van der Waals surface area contributed by atoms with Gasteiger partial charge < -0.3 is 14.8 Å². The number of rotatable bonds is 5. The Balaban J connectivity index is 2.16. The van der Waals surface area contributed by atoms with Gasteiger partial charge in [0, 0.05) is 17.1 Å². The minimum atomic E-state index is -0.625. The Morgan fingerprint density at radius 1 is 1.23 bits per heavy atom. The van der Waals surface area contributed by atoms with Crippen LogP contribution in [0.1, 0.15) is 15.9 Å². The lowest BCUT2D eigenvalue weighted by Crippen LogP contribution is -2.24. The molecule has 2 aromatic rings. The average molecular weight is 324 g/mol. The van der Waals surface area contributed by atoms with Crippen molar-refractivity contribution in [3.05, 3.63) is 58.4 Å². The van der Waals surface area contributed by atoms with Gasteiger partial charge in [0.05, 0.1) is 19.8 Å². The number of para-hydroxylation sites is 1. The minimum absolute atomic E-state index is 0.102. The summed E-state index contributed by atoms with van der Waals surface area (Å²) in [5, 5.41) is 2.93. The number of benzene rings is 2. The Morgan fingerprint density at radius 2 is 2.00 bits per heavy atom. The van der Waals surface area contributed by atoms with Crippen LogP contribution >= 0.6 is 11.6 Å². The van der Waals surface area contributed by atoms with E-state index in [2.05, 4.69) is 5.32 Å². The van der Waals surface area contributed by atoms with Crippen molar-refractivity contribution in [3.63, 3.8) is 0 Å². The molecule has 1 N–H and O–H groups in total. The van der Waals surface area contributed by atoms with Gasteiger partial charge in [0.25, 0.3) is 5.91 Å². The van der Waals surface area contributed by atoms with Crippen molar-refractivity contribution in [2.45, 2.75) is 6.54 Å².